The smallest absolute Gasteiger partial charge is 0.0702 e. The van der Waals surface area contributed by atoms with E-state index in [0.717, 1.165) is 16.9 Å². The Morgan fingerprint density at radius 2 is 2.33 bits per heavy atom. The largest absolute Gasteiger partial charge is 0.383 e. The molecular weight excluding hydrogens is 276 g/mol. The van der Waals surface area contributed by atoms with Crippen LogP contribution >= 0.6 is 27.3 Å². The zero-order valence-electron chi connectivity index (χ0n) is 9.07. The van der Waals surface area contributed by atoms with E-state index in [0.29, 0.717) is 6.54 Å². The van der Waals surface area contributed by atoms with Gasteiger partial charge < -0.3 is 10.5 Å². The van der Waals surface area contributed by atoms with E-state index < -0.39 is 0 Å². The van der Waals surface area contributed by atoms with Gasteiger partial charge in [-0.1, -0.05) is 0 Å². The summed E-state index contributed by atoms with van der Waals surface area (Å²) in [5.41, 5.74) is 5.80. The van der Waals surface area contributed by atoms with E-state index in [1.165, 1.54) is 4.88 Å². The predicted molar refractivity (Wildman–Crippen MR) is 68.3 cm³/mol. The molecule has 0 saturated carbocycles. The third-order valence-electron chi connectivity index (χ3n) is 2.33. The third kappa shape index (κ3) is 3.85. The van der Waals surface area contributed by atoms with Crippen LogP contribution in [0, 0.1) is 0 Å². The molecule has 0 radical (unpaired) electrons. The minimum absolute atomic E-state index is 0.288. The highest BCUT2D eigenvalue weighted by Gasteiger charge is 2.16. The lowest BCUT2D eigenvalue weighted by Crippen LogP contribution is -2.32. The highest BCUT2D eigenvalue weighted by molar-refractivity contribution is 9.11. The molecule has 1 atom stereocenters. The van der Waals surface area contributed by atoms with Crippen LogP contribution in [0.3, 0.4) is 0 Å². The minimum Gasteiger partial charge on any atom is -0.383 e. The Hall–Kier alpha value is 0.0600. The number of methoxy groups -OCH3 is 1. The molecule has 15 heavy (non-hydrogen) atoms. The van der Waals surface area contributed by atoms with Crippen molar-refractivity contribution in [2.45, 2.75) is 6.04 Å². The molecule has 0 aliphatic carbocycles. The van der Waals surface area contributed by atoms with Crippen LogP contribution in [0.2, 0.25) is 0 Å². The zero-order chi connectivity index (χ0) is 11.3. The summed E-state index contributed by atoms with van der Waals surface area (Å²) in [7, 11) is 3.79. The van der Waals surface area contributed by atoms with Gasteiger partial charge >= 0.3 is 0 Å². The first-order valence-electron chi connectivity index (χ1n) is 4.83. The Labute approximate surface area is 103 Å². The van der Waals surface area contributed by atoms with Crippen LogP contribution in [0.15, 0.2) is 15.9 Å². The summed E-state index contributed by atoms with van der Waals surface area (Å²) < 4.78 is 6.21. The molecule has 0 bridgehead atoms. The normalized spacial score (nSPS) is 13.4. The van der Waals surface area contributed by atoms with Crippen molar-refractivity contribution in [1.82, 2.24) is 4.90 Å². The number of nitrogens with two attached hydrogens (primary N) is 1. The summed E-state index contributed by atoms with van der Waals surface area (Å²) in [5, 5.41) is 0. The molecule has 86 valence electrons. The standard InChI is InChI=1S/C10H17BrN2OS/c1-13(5-6-14-2)8(7-12)9-3-4-10(11)15-9/h3-4,8H,5-7,12H2,1-2H3. The molecule has 0 fully saturated rings. The van der Waals surface area contributed by atoms with Gasteiger partial charge in [0, 0.05) is 25.1 Å². The van der Waals surface area contributed by atoms with Crippen molar-refractivity contribution in [1.29, 1.82) is 0 Å². The molecule has 1 aromatic rings. The third-order valence-corrected chi connectivity index (χ3v) is 4.05. The van der Waals surface area contributed by atoms with E-state index in [1.807, 2.05) is 0 Å². The van der Waals surface area contributed by atoms with E-state index in [-0.39, 0.29) is 6.04 Å². The van der Waals surface area contributed by atoms with Gasteiger partial charge in [-0.05, 0) is 35.1 Å². The average Bonchev–Trinajstić information content (AvgIpc) is 2.63. The van der Waals surface area contributed by atoms with E-state index in [9.17, 15) is 0 Å². The van der Waals surface area contributed by atoms with Crippen LogP contribution < -0.4 is 5.73 Å². The molecule has 1 aromatic heterocycles. The van der Waals surface area contributed by atoms with E-state index in [1.54, 1.807) is 18.4 Å². The summed E-state index contributed by atoms with van der Waals surface area (Å²) in [5.74, 6) is 0. The minimum atomic E-state index is 0.288. The highest BCUT2D eigenvalue weighted by atomic mass is 79.9. The number of halogens is 1. The highest BCUT2D eigenvalue weighted by Crippen LogP contribution is 2.29. The SMILES string of the molecule is COCCN(C)C(CN)c1ccc(Br)s1. The Balaban J connectivity index is 2.62. The molecule has 1 rings (SSSR count). The summed E-state index contributed by atoms with van der Waals surface area (Å²) in [6.07, 6.45) is 0. The fraction of sp³-hybridized carbons (Fsp3) is 0.600. The van der Waals surface area contributed by atoms with Gasteiger partial charge in [0.2, 0.25) is 0 Å². The van der Waals surface area contributed by atoms with Crippen molar-refractivity contribution in [2.75, 3.05) is 33.9 Å². The van der Waals surface area contributed by atoms with Crippen LogP contribution in [0.1, 0.15) is 10.9 Å². The Kier molecular flexibility index (Phi) is 5.78. The van der Waals surface area contributed by atoms with Gasteiger partial charge in [-0.25, -0.2) is 0 Å². The van der Waals surface area contributed by atoms with Crippen molar-refractivity contribution in [2.24, 2.45) is 5.73 Å². The maximum absolute atomic E-state index is 5.80. The summed E-state index contributed by atoms with van der Waals surface area (Å²) in [4.78, 5) is 3.52. The van der Waals surface area contributed by atoms with E-state index in [2.05, 4.69) is 40.0 Å². The molecule has 0 saturated heterocycles. The summed E-state index contributed by atoms with van der Waals surface area (Å²) in [6.45, 7) is 2.26. The molecule has 3 nitrogen and oxygen atoms in total. The monoisotopic (exact) mass is 292 g/mol. The predicted octanol–water partition coefficient (Wildman–Crippen LogP) is 2.09. The number of likely N-dealkylation sites (N-methyl/N-ethyl adjacent to an activating group) is 1. The van der Waals surface area contributed by atoms with Crippen molar-refractivity contribution in [3.05, 3.63) is 20.8 Å². The summed E-state index contributed by atoms with van der Waals surface area (Å²) in [6, 6.07) is 4.47. The topological polar surface area (TPSA) is 38.5 Å². The molecule has 5 heteroatoms. The molecule has 1 unspecified atom stereocenters. The number of rotatable bonds is 6. The Morgan fingerprint density at radius 3 is 2.80 bits per heavy atom. The molecule has 2 N–H and O–H groups in total. The molecule has 0 aliphatic rings. The first kappa shape index (κ1) is 13.1. The van der Waals surface area contributed by atoms with E-state index in [4.69, 9.17) is 10.5 Å². The Morgan fingerprint density at radius 1 is 1.60 bits per heavy atom. The van der Waals surface area contributed by atoms with Crippen molar-refractivity contribution < 1.29 is 4.74 Å². The van der Waals surface area contributed by atoms with Crippen LogP contribution in [-0.2, 0) is 4.74 Å². The maximum atomic E-state index is 5.80. The van der Waals surface area contributed by atoms with Gasteiger partial charge in [0.15, 0.2) is 0 Å². The fourth-order valence-corrected chi connectivity index (χ4v) is 3.01. The first-order valence-corrected chi connectivity index (χ1v) is 6.44. The maximum Gasteiger partial charge on any atom is 0.0702 e. The number of hydrogen-bond donors (Lipinski definition) is 1. The van der Waals surface area contributed by atoms with Crippen LogP contribution in [0.5, 0.6) is 0 Å². The van der Waals surface area contributed by atoms with E-state index >= 15 is 0 Å². The average molecular weight is 293 g/mol. The molecule has 0 aromatic carbocycles. The van der Waals surface area contributed by atoms with Gasteiger partial charge in [0.1, 0.15) is 0 Å². The van der Waals surface area contributed by atoms with Gasteiger partial charge in [0.05, 0.1) is 16.4 Å². The lowest BCUT2D eigenvalue weighted by Gasteiger charge is -2.25. The lowest BCUT2D eigenvalue weighted by atomic mass is 10.2. The number of hydrogen-bond acceptors (Lipinski definition) is 4. The molecule has 1 heterocycles. The fourth-order valence-electron chi connectivity index (χ4n) is 1.41. The lowest BCUT2D eigenvalue weighted by molar-refractivity contribution is 0.141. The number of thiophene rings is 1. The van der Waals surface area contributed by atoms with Crippen molar-refractivity contribution >= 4 is 27.3 Å². The number of nitrogens with zero attached hydrogens (tertiary/aromatic N) is 1. The van der Waals surface area contributed by atoms with Crippen LogP contribution in [0.4, 0.5) is 0 Å². The number of ether oxygens (including phenoxy) is 1. The second kappa shape index (κ2) is 6.60. The Bertz CT molecular complexity index is 293. The second-order valence-electron chi connectivity index (χ2n) is 3.37. The molecule has 0 aliphatic heterocycles. The van der Waals surface area contributed by atoms with Crippen LogP contribution in [-0.4, -0.2) is 38.8 Å². The summed E-state index contributed by atoms with van der Waals surface area (Å²) >= 11 is 5.20. The van der Waals surface area contributed by atoms with Crippen molar-refractivity contribution in [3.8, 4) is 0 Å². The first-order chi connectivity index (χ1) is 7.19. The van der Waals surface area contributed by atoms with Crippen molar-refractivity contribution in [3.63, 3.8) is 0 Å². The quantitative estimate of drug-likeness (QED) is 0.873. The second-order valence-corrected chi connectivity index (χ2v) is 5.86. The van der Waals surface area contributed by atoms with Gasteiger partial charge in [-0.15, -0.1) is 11.3 Å². The molecular formula is C10H17BrN2OS. The van der Waals surface area contributed by atoms with Gasteiger partial charge in [-0.3, -0.25) is 4.90 Å². The van der Waals surface area contributed by atoms with Gasteiger partial charge in [0.25, 0.3) is 0 Å². The zero-order valence-corrected chi connectivity index (χ0v) is 11.5. The van der Waals surface area contributed by atoms with Crippen LogP contribution in [0.25, 0.3) is 0 Å². The molecule has 0 amide bonds. The molecule has 0 spiro atoms. The van der Waals surface area contributed by atoms with Gasteiger partial charge in [-0.2, -0.15) is 0 Å².